The van der Waals surface area contributed by atoms with E-state index < -0.39 is 6.10 Å². The second-order valence-electron chi connectivity index (χ2n) is 6.05. The van der Waals surface area contributed by atoms with E-state index in [9.17, 15) is 19.1 Å². The van der Waals surface area contributed by atoms with Gasteiger partial charge in [0.25, 0.3) is 0 Å². The molecular weight excluding hydrogens is 299 g/mol. The quantitative estimate of drug-likeness (QED) is 0.828. The number of nitrogens with one attached hydrogen (secondary N) is 1. The van der Waals surface area contributed by atoms with E-state index in [0.717, 1.165) is 12.8 Å². The Morgan fingerprint density at radius 2 is 2.26 bits per heavy atom. The van der Waals surface area contributed by atoms with Crippen molar-refractivity contribution >= 4 is 11.8 Å². The molecule has 2 amide bonds. The molecule has 0 aromatic heterocycles. The van der Waals surface area contributed by atoms with Crippen molar-refractivity contribution in [2.75, 3.05) is 13.1 Å². The number of carbonyl (C=O) groups excluding carboxylic acids is 2. The molecule has 1 fully saturated rings. The van der Waals surface area contributed by atoms with Gasteiger partial charge in [0.15, 0.2) is 0 Å². The van der Waals surface area contributed by atoms with Crippen molar-refractivity contribution in [3.05, 3.63) is 35.6 Å². The molecule has 5 nitrogen and oxygen atoms in total. The lowest BCUT2D eigenvalue weighted by atomic mass is 10.1. The third-order valence-corrected chi connectivity index (χ3v) is 4.00. The zero-order valence-corrected chi connectivity index (χ0v) is 13.3. The first-order valence-corrected chi connectivity index (χ1v) is 7.94. The Labute approximate surface area is 135 Å². The first-order chi connectivity index (χ1) is 11.0. The summed E-state index contributed by atoms with van der Waals surface area (Å²) in [6.07, 6.45) is 1.95. The number of hydrogen-bond donors (Lipinski definition) is 2. The highest BCUT2D eigenvalue weighted by atomic mass is 19.1. The van der Waals surface area contributed by atoms with E-state index in [1.165, 1.54) is 12.1 Å². The lowest BCUT2D eigenvalue weighted by molar-refractivity contribution is -0.133. The molecule has 6 heteroatoms. The van der Waals surface area contributed by atoms with Gasteiger partial charge < -0.3 is 15.3 Å². The van der Waals surface area contributed by atoms with Crippen LogP contribution in [0.5, 0.6) is 0 Å². The van der Waals surface area contributed by atoms with Gasteiger partial charge >= 0.3 is 0 Å². The van der Waals surface area contributed by atoms with Crippen molar-refractivity contribution in [3.8, 4) is 0 Å². The molecule has 0 bridgehead atoms. The van der Waals surface area contributed by atoms with Crippen LogP contribution in [0.4, 0.5) is 4.39 Å². The summed E-state index contributed by atoms with van der Waals surface area (Å²) < 4.78 is 13.1. The van der Waals surface area contributed by atoms with E-state index in [1.807, 2.05) is 0 Å². The lowest BCUT2D eigenvalue weighted by Gasteiger charge is -2.25. The number of hydrogen-bond acceptors (Lipinski definition) is 3. The smallest absolute Gasteiger partial charge is 0.242 e. The SMILES string of the molecule is CC(O)CC1CCCN1C(=O)CNC(=O)Cc1cccc(F)c1. The number of nitrogens with zero attached hydrogens (tertiary/aromatic N) is 1. The number of carbonyl (C=O) groups is 2. The number of benzene rings is 1. The van der Waals surface area contributed by atoms with Gasteiger partial charge in [0, 0.05) is 12.6 Å². The lowest BCUT2D eigenvalue weighted by Crippen LogP contribution is -2.43. The van der Waals surface area contributed by atoms with Gasteiger partial charge in [-0.15, -0.1) is 0 Å². The summed E-state index contributed by atoms with van der Waals surface area (Å²) in [6, 6.07) is 5.89. The molecule has 0 aliphatic carbocycles. The molecule has 0 spiro atoms. The molecule has 0 radical (unpaired) electrons. The predicted molar refractivity (Wildman–Crippen MR) is 84.1 cm³/mol. The van der Waals surface area contributed by atoms with Gasteiger partial charge in [-0.2, -0.15) is 0 Å². The fourth-order valence-corrected chi connectivity index (χ4v) is 2.97. The van der Waals surface area contributed by atoms with Gasteiger partial charge in [-0.05, 0) is 43.9 Å². The second-order valence-corrected chi connectivity index (χ2v) is 6.05. The van der Waals surface area contributed by atoms with Crippen molar-refractivity contribution in [1.29, 1.82) is 0 Å². The van der Waals surface area contributed by atoms with Crippen LogP contribution in [0.1, 0.15) is 31.7 Å². The predicted octanol–water partition coefficient (Wildman–Crippen LogP) is 1.25. The zero-order chi connectivity index (χ0) is 16.8. The van der Waals surface area contributed by atoms with Crippen LogP contribution in [0.2, 0.25) is 0 Å². The summed E-state index contributed by atoms with van der Waals surface area (Å²) in [7, 11) is 0. The van der Waals surface area contributed by atoms with E-state index >= 15 is 0 Å². The molecule has 0 saturated carbocycles. The van der Waals surface area contributed by atoms with E-state index in [4.69, 9.17) is 0 Å². The highest BCUT2D eigenvalue weighted by Gasteiger charge is 2.29. The molecule has 126 valence electrons. The molecule has 1 heterocycles. The van der Waals surface area contributed by atoms with Crippen molar-refractivity contribution < 1.29 is 19.1 Å². The number of rotatable bonds is 6. The number of likely N-dealkylation sites (tertiary alicyclic amines) is 1. The summed E-state index contributed by atoms with van der Waals surface area (Å²) in [5.41, 5.74) is 0.572. The Bertz CT molecular complexity index is 563. The molecule has 1 aromatic rings. The fourth-order valence-electron chi connectivity index (χ4n) is 2.97. The molecule has 2 unspecified atom stereocenters. The van der Waals surface area contributed by atoms with Gasteiger partial charge in [0.1, 0.15) is 5.82 Å². The summed E-state index contributed by atoms with van der Waals surface area (Å²) >= 11 is 0. The molecule has 2 N–H and O–H groups in total. The topological polar surface area (TPSA) is 69.6 Å². The Hall–Kier alpha value is -1.95. The Kier molecular flexibility index (Phi) is 6.10. The first kappa shape index (κ1) is 17.4. The minimum atomic E-state index is -0.448. The van der Waals surface area contributed by atoms with Crippen molar-refractivity contribution in [2.24, 2.45) is 0 Å². The molecule has 2 atom stereocenters. The zero-order valence-electron chi connectivity index (χ0n) is 13.3. The third kappa shape index (κ3) is 5.32. The molecular formula is C17H23FN2O3. The van der Waals surface area contributed by atoms with Crippen LogP contribution in [0.25, 0.3) is 0 Å². The molecule has 23 heavy (non-hydrogen) atoms. The number of aliphatic hydroxyl groups excluding tert-OH is 1. The first-order valence-electron chi connectivity index (χ1n) is 7.94. The fraction of sp³-hybridized carbons (Fsp3) is 0.529. The van der Waals surface area contributed by atoms with Gasteiger partial charge in [0.05, 0.1) is 19.1 Å². The Morgan fingerprint density at radius 3 is 2.96 bits per heavy atom. The van der Waals surface area contributed by atoms with Crippen LogP contribution >= 0.6 is 0 Å². The highest BCUT2D eigenvalue weighted by molar-refractivity contribution is 5.86. The van der Waals surface area contributed by atoms with Crippen molar-refractivity contribution in [3.63, 3.8) is 0 Å². The van der Waals surface area contributed by atoms with Crippen LogP contribution in [-0.4, -0.2) is 47.1 Å². The van der Waals surface area contributed by atoms with Gasteiger partial charge in [-0.1, -0.05) is 12.1 Å². The van der Waals surface area contributed by atoms with Gasteiger partial charge in [-0.25, -0.2) is 4.39 Å². The number of aliphatic hydroxyl groups is 1. The minimum Gasteiger partial charge on any atom is -0.393 e. The molecule has 2 rings (SSSR count). The second kappa shape index (κ2) is 8.06. The maximum atomic E-state index is 13.1. The molecule has 1 saturated heterocycles. The summed E-state index contributed by atoms with van der Waals surface area (Å²) in [5, 5.41) is 12.1. The summed E-state index contributed by atoms with van der Waals surface area (Å²) in [5.74, 6) is -0.833. The Balaban J connectivity index is 1.80. The van der Waals surface area contributed by atoms with E-state index in [0.29, 0.717) is 18.5 Å². The van der Waals surface area contributed by atoms with E-state index in [1.54, 1.807) is 24.0 Å². The monoisotopic (exact) mass is 322 g/mol. The Morgan fingerprint density at radius 1 is 1.48 bits per heavy atom. The molecule has 1 aliphatic rings. The average molecular weight is 322 g/mol. The van der Waals surface area contributed by atoms with Crippen LogP contribution in [-0.2, 0) is 16.0 Å². The largest absolute Gasteiger partial charge is 0.393 e. The normalized spacial score (nSPS) is 18.7. The van der Waals surface area contributed by atoms with Crippen molar-refractivity contribution in [1.82, 2.24) is 10.2 Å². The maximum Gasteiger partial charge on any atom is 0.242 e. The number of amides is 2. The van der Waals surface area contributed by atoms with E-state index in [2.05, 4.69) is 5.32 Å². The standard InChI is InChI=1S/C17H23FN2O3/c1-12(21)8-15-6-3-7-20(15)17(23)11-19-16(22)10-13-4-2-5-14(18)9-13/h2,4-5,9,12,15,21H,3,6-8,10-11H2,1H3,(H,19,22). The minimum absolute atomic E-state index is 0.0438. The van der Waals surface area contributed by atoms with Crippen LogP contribution in [0.15, 0.2) is 24.3 Å². The summed E-state index contributed by atoms with van der Waals surface area (Å²) in [4.78, 5) is 25.8. The van der Waals surface area contributed by atoms with E-state index in [-0.39, 0.29) is 36.6 Å². The van der Waals surface area contributed by atoms with Crippen LogP contribution in [0, 0.1) is 5.82 Å². The average Bonchev–Trinajstić information content (AvgIpc) is 2.92. The van der Waals surface area contributed by atoms with Gasteiger partial charge in [0.2, 0.25) is 11.8 Å². The summed E-state index contributed by atoms with van der Waals surface area (Å²) in [6.45, 7) is 2.31. The highest BCUT2D eigenvalue weighted by Crippen LogP contribution is 2.21. The van der Waals surface area contributed by atoms with Crippen LogP contribution < -0.4 is 5.32 Å². The molecule has 1 aromatic carbocycles. The van der Waals surface area contributed by atoms with Crippen LogP contribution in [0.3, 0.4) is 0 Å². The maximum absolute atomic E-state index is 13.1. The van der Waals surface area contributed by atoms with Crippen molar-refractivity contribution in [2.45, 2.75) is 44.8 Å². The molecule has 1 aliphatic heterocycles. The number of halogens is 1. The van der Waals surface area contributed by atoms with Gasteiger partial charge in [-0.3, -0.25) is 9.59 Å². The third-order valence-electron chi connectivity index (χ3n) is 4.00.